The van der Waals surface area contributed by atoms with Gasteiger partial charge in [0.2, 0.25) is 5.91 Å². The van der Waals surface area contributed by atoms with Crippen LogP contribution in [0.1, 0.15) is 47.1 Å². The number of rotatable bonds is 2. The maximum Gasteiger partial charge on any atom is 0.289 e. The number of hydrogen-bond donors (Lipinski definition) is 1. The molecular formula is C20H22N2O3. The lowest BCUT2D eigenvalue weighted by molar-refractivity contribution is -0.121. The normalized spacial score (nSPS) is 22.2. The molecule has 0 radical (unpaired) electrons. The Kier molecular flexibility index (Phi) is 3.86. The number of amides is 2. The summed E-state index contributed by atoms with van der Waals surface area (Å²) in [7, 11) is 0. The maximum atomic E-state index is 12.5. The predicted octanol–water partition coefficient (Wildman–Crippen LogP) is 2.87. The Morgan fingerprint density at radius 3 is 2.52 bits per heavy atom. The first-order chi connectivity index (χ1) is 12.1. The number of likely N-dealkylation sites (tertiary alicyclic amines) is 1. The molecule has 0 bridgehead atoms. The van der Waals surface area contributed by atoms with Crippen molar-refractivity contribution < 1.29 is 14.0 Å². The summed E-state index contributed by atoms with van der Waals surface area (Å²) in [5.41, 5.74) is 0.884. The number of piperidine rings is 1. The highest BCUT2D eigenvalue weighted by Crippen LogP contribution is 2.39. The molecule has 2 saturated heterocycles. The first-order valence-corrected chi connectivity index (χ1v) is 8.79. The molecule has 4 rings (SSSR count). The summed E-state index contributed by atoms with van der Waals surface area (Å²) < 4.78 is 5.45. The summed E-state index contributed by atoms with van der Waals surface area (Å²) in [5, 5.41) is 3.22. The fraction of sp³-hybridized carbons (Fsp3) is 0.400. The second kappa shape index (κ2) is 6.06. The van der Waals surface area contributed by atoms with Crippen LogP contribution in [0.25, 0.3) is 0 Å². The van der Waals surface area contributed by atoms with Crippen molar-refractivity contribution in [3.05, 3.63) is 59.5 Å². The highest BCUT2D eigenvalue weighted by Gasteiger charge is 2.46. The molecule has 1 spiro atoms. The molecule has 1 aromatic heterocycles. The van der Waals surface area contributed by atoms with Crippen LogP contribution in [0.15, 0.2) is 46.9 Å². The first-order valence-electron chi connectivity index (χ1n) is 8.79. The van der Waals surface area contributed by atoms with Gasteiger partial charge in [-0.25, -0.2) is 0 Å². The smallest absolute Gasteiger partial charge is 0.289 e. The Balaban J connectivity index is 1.43. The van der Waals surface area contributed by atoms with Crippen molar-refractivity contribution in [1.82, 2.24) is 10.2 Å². The minimum absolute atomic E-state index is 0.0631. The third-order valence-electron chi connectivity index (χ3n) is 5.46. The van der Waals surface area contributed by atoms with Gasteiger partial charge in [-0.15, -0.1) is 0 Å². The van der Waals surface area contributed by atoms with E-state index in [0.29, 0.717) is 18.8 Å². The summed E-state index contributed by atoms with van der Waals surface area (Å²) in [6.45, 7) is 3.11. The molecule has 1 aromatic carbocycles. The molecule has 3 heterocycles. The van der Waals surface area contributed by atoms with Crippen molar-refractivity contribution in [3.63, 3.8) is 0 Å². The van der Waals surface area contributed by atoms with Gasteiger partial charge in [0.05, 0.1) is 5.92 Å². The van der Waals surface area contributed by atoms with Crippen molar-refractivity contribution in [2.24, 2.45) is 0 Å². The molecule has 2 aliphatic heterocycles. The van der Waals surface area contributed by atoms with Crippen molar-refractivity contribution in [1.29, 1.82) is 0 Å². The van der Waals surface area contributed by atoms with Crippen LogP contribution >= 0.6 is 0 Å². The average Bonchev–Trinajstić information content (AvgIpc) is 3.20. The summed E-state index contributed by atoms with van der Waals surface area (Å²) in [4.78, 5) is 26.8. The third kappa shape index (κ3) is 2.95. The molecule has 25 heavy (non-hydrogen) atoms. The molecule has 5 nitrogen and oxygen atoms in total. The number of hydrogen-bond acceptors (Lipinski definition) is 3. The standard InChI is InChI=1S/C20H22N2O3/c1-14-7-8-17(25-14)19(24)22-11-9-20(10-12-22)13-16(18(23)21-20)15-5-3-2-4-6-15/h2-8,16H,9-13H2,1H3,(H,21,23)/t16-/m0/s1. The van der Waals surface area contributed by atoms with E-state index < -0.39 is 0 Å². The van der Waals surface area contributed by atoms with Gasteiger partial charge >= 0.3 is 0 Å². The van der Waals surface area contributed by atoms with Gasteiger partial charge in [0.15, 0.2) is 5.76 Å². The van der Waals surface area contributed by atoms with E-state index in [1.54, 1.807) is 12.1 Å². The SMILES string of the molecule is Cc1ccc(C(=O)N2CCC3(CC2)C[C@@H](c2ccccc2)C(=O)N3)o1. The maximum absolute atomic E-state index is 12.5. The first kappa shape index (κ1) is 15.9. The third-order valence-corrected chi connectivity index (χ3v) is 5.46. The van der Waals surface area contributed by atoms with Gasteiger partial charge in [0.25, 0.3) is 5.91 Å². The van der Waals surface area contributed by atoms with E-state index in [4.69, 9.17) is 4.42 Å². The van der Waals surface area contributed by atoms with Crippen LogP contribution in [0, 0.1) is 6.92 Å². The van der Waals surface area contributed by atoms with Gasteiger partial charge in [0, 0.05) is 18.6 Å². The second-order valence-corrected chi connectivity index (χ2v) is 7.14. The number of nitrogens with one attached hydrogen (secondary N) is 1. The molecule has 0 aliphatic carbocycles. The molecule has 2 aliphatic rings. The van der Waals surface area contributed by atoms with Crippen LogP contribution in [0.5, 0.6) is 0 Å². The van der Waals surface area contributed by atoms with E-state index in [0.717, 1.165) is 30.6 Å². The van der Waals surface area contributed by atoms with Crippen molar-refractivity contribution in [2.75, 3.05) is 13.1 Å². The molecular weight excluding hydrogens is 316 g/mol. The number of carbonyl (C=O) groups excluding carboxylic acids is 2. The number of benzene rings is 1. The Bertz CT molecular complexity index is 788. The zero-order valence-corrected chi connectivity index (χ0v) is 14.3. The van der Waals surface area contributed by atoms with Crippen molar-refractivity contribution >= 4 is 11.8 Å². The fourth-order valence-corrected chi connectivity index (χ4v) is 4.01. The summed E-state index contributed by atoms with van der Waals surface area (Å²) in [5.74, 6) is 1.09. The zero-order chi connectivity index (χ0) is 17.4. The minimum atomic E-state index is -0.187. The Morgan fingerprint density at radius 1 is 1.16 bits per heavy atom. The molecule has 5 heteroatoms. The van der Waals surface area contributed by atoms with E-state index in [1.165, 1.54) is 0 Å². The van der Waals surface area contributed by atoms with E-state index >= 15 is 0 Å². The predicted molar refractivity (Wildman–Crippen MR) is 93.3 cm³/mol. The Morgan fingerprint density at radius 2 is 1.88 bits per heavy atom. The van der Waals surface area contributed by atoms with Gasteiger partial charge in [-0.1, -0.05) is 30.3 Å². The average molecular weight is 338 g/mol. The van der Waals surface area contributed by atoms with Crippen molar-refractivity contribution in [3.8, 4) is 0 Å². The van der Waals surface area contributed by atoms with Gasteiger partial charge in [-0.3, -0.25) is 9.59 Å². The van der Waals surface area contributed by atoms with Gasteiger partial charge < -0.3 is 14.6 Å². The van der Waals surface area contributed by atoms with Crippen LogP contribution in [0.3, 0.4) is 0 Å². The molecule has 2 aromatic rings. The summed E-state index contributed by atoms with van der Waals surface area (Å²) >= 11 is 0. The lowest BCUT2D eigenvalue weighted by Gasteiger charge is -2.39. The number of nitrogens with zero attached hydrogens (tertiary/aromatic N) is 1. The van der Waals surface area contributed by atoms with Crippen LogP contribution in [0.2, 0.25) is 0 Å². The number of carbonyl (C=O) groups is 2. The topological polar surface area (TPSA) is 62.6 Å². The van der Waals surface area contributed by atoms with Crippen LogP contribution in [0.4, 0.5) is 0 Å². The molecule has 2 amide bonds. The van der Waals surface area contributed by atoms with E-state index in [-0.39, 0.29) is 23.3 Å². The summed E-state index contributed by atoms with van der Waals surface area (Å²) in [6, 6.07) is 13.5. The molecule has 0 saturated carbocycles. The second-order valence-electron chi connectivity index (χ2n) is 7.14. The van der Waals surface area contributed by atoms with Gasteiger partial charge in [-0.05, 0) is 43.9 Å². The Hall–Kier alpha value is -2.56. The fourth-order valence-electron chi connectivity index (χ4n) is 4.01. The van der Waals surface area contributed by atoms with Crippen LogP contribution in [-0.2, 0) is 4.79 Å². The van der Waals surface area contributed by atoms with Crippen LogP contribution in [-0.4, -0.2) is 35.3 Å². The molecule has 1 N–H and O–H groups in total. The number of furan rings is 1. The largest absolute Gasteiger partial charge is 0.456 e. The molecule has 2 fully saturated rings. The van der Waals surface area contributed by atoms with E-state index in [1.807, 2.05) is 42.2 Å². The lowest BCUT2D eigenvalue weighted by atomic mass is 9.82. The minimum Gasteiger partial charge on any atom is -0.456 e. The lowest BCUT2D eigenvalue weighted by Crippen LogP contribution is -2.52. The van der Waals surface area contributed by atoms with Gasteiger partial charge in [0.1, 0.15) is 5.76 Å². The van der Waals surface area contributed by atoms with E-state index in [2.05, 4.69) is 5.32 Å². The summed E-state index contributed by atoms with van der Waals surface area (Å²) in [6.07, 6.45) is 2.37. The highest BCUT2D eigenvalue weighted by atomic mass is 16.3. The van der Waals surface area contributed by atoms with Gasteiger partial charge in [-0.2, -0.15) is 0 Å². The van der Waals surface area contributed by atoms with Crippen LogP contribution < -0.4 is 5.32 Å². The Labute approximate surface area is 147 Å². The van der Waals surface area contributed by atoms with Crippen molar-refractivity contribution in [2.45, 2.75) is 37.6 Å². The molecule has 0 unspecified atom stereocenters. The van der Waals surface area contributed by atoms with E-state index in [9.17, 15) is 9.59 Å². The quantitative estimate of drug-likeness (QED) is 0.916. The highest BCUT2D eigenvalue weighted by molar-refractivity contribution is 5.92. The molecule has 130 valence electrons. The number of aryl methyl sites for hydroxylation is 1. The zero-order valence-electron chi connectivity index (χ0n) is 14.3. The monoisotopic (exact) mass is 338 g/mol. The molecule has 1 atom stereocenters.